The number of carbonyl (C=O) groups is 1. The second kappa shape index (κ2) is 11.3. The van der Waals surface area contributed by atoms with Gasteiger partial charge < -0.3 is 10.1 Å². The number of hydrogen-bond donors (Lipinski definition) is 1. The third-order valence-electron chi connectivity index (χ3n) is 5.12. The number of ether oxygens (including phenoxy) is 1. The standard InChI is InChI=1S/C25H27ClN2O4S/c1-19-6-12-24(13-7-19)33(30,31)28(17-21-4-3-5-22(26)16-21)18-25(29)27-15-14-20-8-10-23(32-2)11-9-20/h3-13,16H,14-15,17-18H2,1-2H3,(H,27,29). The molecule has 0 unspecified atom stereocenters. The molecule has 0 spiro atoms. The molecule has 0 fully saturated rings. The zero-order valence-corrected chi connectivity index (χ0v) is 20.2. The summed E-state index contributed by atoms with van der Waals surface area (Å²) in [6, 6.07) is 21.1. The molecule has 0 aliphatic carbocycles. The Morgan fingerprint density at radius 1 is 1.00 bits per heavy atom. The third-order valence-corrected chi connectivity index (χ3v) is 7.16. The molecule has 3 rings (SSSR count). The van der Waals surface area contributed by atoms with Crippen LogP contribution in [0.1, 0.15) is 16.7 Å². The van der Waals surface area contributed by atoms with Gasteiger partial charge in [-0.1, -0.05) is 53.6 Å². The number of benzene rings is 3. The van der Waals surface area contributed by atoms with Crippen LogP contribution >= 0.6 is 11.6 Å². The molecule has 6 nitrogen and oxygen atoms in total. The highest BCUT2D eigenvalue weighted by atomic mass is 35.5. The molecule has 0 aliphatic rings. The van der Waals surface area contributed by atoms with E-state index in [1.165, 1.54) is 4.31 Å². The van der Waals surface area contributed by atoms with Crippen molar-refractivity contribution in [1.82, 2.24) is 9.62 Å². The van der Waals surface area contributed by atoms with E-state index >= 15 is 0 Å². The fourth-order valence-corrected chi connectivity index (χ4v) is 4.88. The van der Waals surface area contributed by atoms with Crippen LogP contribution in [0.4, 0.5) is 0 Å². The van der Waals surface area contributed by atoms with Gasteiger partial charge in [0.2, 0.25) is 15.9 Å². The van der Waals surface area contributed by atoms with Crippen molar-refractivity contribution in [2.75, 3.05) is 20.2 Å². The van der Waals surface area contributed by atoms with Gasteiger partial charge in [-0.05, 0) is 60.9 Å². The van der Waals surface area contributed by atoms with Crippen LogP contribution in [0, 0.1) is 6.92 Å². The fourth-order valence-electron chi connectivity index (χ4n) is 3.28. The van der Waals surface area contributed by atoms with Crippen LogP contribution in [-0.4, -0.2) is 38.8 Å². The van der Waals surface area contributed by atoms with E-state index in [0.29, 0.717) is 23.6 Å². The molecule has 0 saturated heterocycles. The van der Waals surface area contributed by atoms with Gasteiger partial charge in [0.1, 0.15) is 5.75 Å². The van der Waals surface area contributed by atoms with Crippen LogP contribution in [0.3, 0.4) is 0 Å². The Morgan fingerprint density at radius 2 is 1.70 bits per heavy atom. The van der Waals surface area contributed by atoms with Crippen LogP contribution < -0.4 is 10.1 Å². The van der Waals surface area contributed by atoms with E-state index in [0.717, 1.165) is 16.9 Å². The SMILES string of the molecule is COc1ccc(CCNC(=O)CN(Cc2cccc(Cl)c2)S(=O)(=O)c2ccc(C)cc2)cc1. The number of nitrogens with zero attached hydrogens (tertiary/aromatic N) is 1. The lowest BCUT2D eigenvalue weighted by Crippen LogP contribution is -2.40. The molecule has 3 aromatic carbocycles. The van der Waals surface area contributed by atoms with E-state index in [9.17, 15) is 13.2 Å². The van der Waals surface area contributed by atoms with Crippen LogP contribution in [0.15, 0.2) is 77.7 Å². The molecule has 0 saturated carbocycles. The summed E-state index contributed by atoms with van der Waals surface area (Å²) in [6.45, 7) is 2.01. The summed E-state index contributed by atoms with van der Waals surface area (Å²) in [7, 11) is -2.29. The van der Waals surface area contributed by atoms with Gasteiger partial charge in [0.15, 0.2) is 0 Å². The number of rotatable bonds is 10. The van der Waals surface area contributed by atoms with Crippen LogP contribution in [0.2, 0.25) is 5.02 Å². The summed E-state index contributed by atoms with van der Waals surface area (Å²) in [5.41, 5.74) is 2.69. The first-order valence-electron chi connectivity index (χ1n) is 10.5. The first kappa shape index (κ1) is 24.8. The molecule has 1 N–H and O–H groups in total. The summed E-state index contributed by atoms with van der Waals surface area (Å²) in [6.07, 6.45) is 0.620. The minimum absolute atomic E-state index is 0.0304. The predicted molar refractivity (Wildman–Crippen MR) is 130 cm³/mol. The Morgan fingerprint density at radius 3 is 2.33 bits per heavy atom. The van der Waals surface area contributed by atoms with E-state index in [4.69, 9.17) is 16.3 Å². The lowest BCUT2D eigenvalue weighted by atomic mass is 10.1. The number of methoxy groups -OCH3 is 1. The normalized spacial score (nSPS) is 11.4. The van der Waals surface area contributed by atoms with Gasteiger partial charge in [-0.15, -0.1) is 0 Å². The molecule has 33 heavy (non-hydrogen) atoms. The maximum absolute atomic E-state index is 13.3. The molecule has 0 atom stereocenters. The first-order chi connectivity index (χ1) is 15.8. The van der Waals surface area contributed by atoms with Gasteiger partial charge >= 0.3 is 0 Å². The average Bonchev–Trinajstić information content (AvgIpc) is 2.79. The quantitative estimate of drug-likeness (QED) is 0.466. The number of amides is 1. The number of carbonyl (C=O) groups excluding carboxylic acids is 1. The molecule has 1 amide bonds. The average molecular weight is 487 g/mol. The Labute approximate surface area is 200 Å². The van der Waals surface area contributed by atoms with Gasteiger partial charge in [0.25, 0.3) is 0 Å². The Balaban J connectivity index is 1.71. The second-order valence-electron chi connectivity index (χ2n) is 7.66. The van der Waals surface area contributed by atoms with E-state index in [1.807, 2.05) is 31.2 Å². The van der Waals surface area contributed by atoms with Gasteiger partial charge in [-0.25, -0.2) is 8.42 Å². The van der Waals surface area contributed by atoms with Crippen LogP contribution in [0.25, 0.3) is 0 Å². The van der Waals surface area contributed by atoms with Crippen molar-refractivity contribution in [2.24, 2.45) is 0 Å². The summed E-state index contributed by atoms with van der Waals surface area (Å²) in [4.78, 5) is 12.8. The highest BCUT2D eigenvalue weighted by molar-refractivity contribution is 7.89. The number of halogens is 1. The van der Waals surface area contributed by atoms with Crippen molar-refractivity contribution in [3.63, 3.8) is 0 Å². The highest BCUT2D eigenvalue weighted by Gasteiger charge is 2.27. The second-order valence-corrected chi connectivity index (χ2v) is 10.0. The topological polar surface area (TPSA) is 75.7 Å². The highest BCUT2D eigenvalue weighted by Crippen LogP contribution is 2.20. The zero-order chi connectivity index (χ0) is 23.8. The van der Waals surface area contributed by atoms with E-state index in [2.05, 4.69) is 5.32 Å². The lowest BCUT2D eigenvalue weighted by molar-refractivity contribution is -0.121. The van der Waals surface area contributed by atoms with Crippen molar-refractivity contribution in [3.8, 4) is 5.75 Å². The molecular formula is C25H27ClN2O4S. The zero-order valence-electron chi connectivity index (χ0n) is 18.6. The minimum Gasteiger partial charge on any atom is -0.497 e. The molecule has 0 radical (unpaired) electrons. The Bertz CT molecular complexity index is 1180. The Kier molecular flexibility index (Phi) is 8.49. The van der Waals surface area contributed by atoms with Crippen molar-refractivity contribution in [3.05, 3.63) is 94.5 Å². The number of sulfonamides is 1. The summed E-state index contributed by atoms with van der Waals surface area (Å²) in [5.74, 6) is 0.391. The molecule has 3 aromatic rings. The monoisotopic (exact) mass is 486 g/mol. The predicted octanol–water partition coefficient (Wildman–Crippen LogP) is 4.21. The van der Waals surface area contributed by atoms with E-state index < -0.39 is 10.0 Å². The summed E-state index contributed by atoms with van der Waals surface area (Å²) in [5, 5.41) is 3.32. The molecule has 0 aromatic heterocycles. The summed E-state index contributed by atoms with van der Waals surface area (Å²) < 4.78 is 33.0. The first-order valence-corrected chi connectivity index (χ1v) is 12.3. The van der Waals surface area contributed by atoms with Gasteiger partial charge in [-0.3, -0.25) is 4.79 Å². The van der Waals surface area contributed by atoms with Crippen molar-refractivity contribution in [2.45, 2.75) is 24.8 Å². The van der Waals surface area contributed by atoms with Crippen molar-refractivity contribution in [1.29, 1.82) is 0 Å². The molecule has 0 bridgehead atoms. The van der Waals surface area contributed by atoms with Crippen LogP contribution in [0.5, 0.6) is 5.75 Å². The Hall–Kier alpha value is -2.87. The molecule has 0 aliphatic heterocycles. The third kappa shape index (κ3) is 7.05. The minimum atomic E-state index is -3.89. The largest absolute Gasteiger partial charge is 0.497 e. The fraction of sp³-hybridized carbons (Fsp3) is 0.240. The molecule has 8 heteroatoms. The molecule has 174 valence electrons. The maximum Gasteiger partial charge on any atom is 0.243 e. The molecule has 0 heterocycles. The van der Waals surface area contributed by atoms with Crippen molar-refractivity contribution >= 4 is 27.5 Å². The summed E-state index contributed by atoms with van der Waals surface area (Å²) >= 11 is 6.07. The molecular weight excluding hydrogens is 460 g/mol. The smallest absolute Gasteiger partial charge is 0.243 e. The number of nitrogens with one attached hydrogen (secondary N) is 1. The van der Waals surface area contributed by atoms with Crippen LogP contribution in [-0.2, 0) is 27.8 Å². The van der Waals surface area contributed by atoms with Crippen molar-refractivity contribution < 1.29 is 17.9 Å². The van der Waals surface area contributed by atoms with Gasteiger partial charge in [0, 0.05) is 18.1 Å². The van der Waals surface area contributed by atoms with E-state index in [1.54, 1.807) is 55.6 Å². The number of aryl methyl sites for hydroxylation is 1. The van der Waals surface area contributed by atoms with E-state index in [-0.39, 0.29) is 23.9 Å². The lowest BCUT2D eigenvalue weighted by Gasteiger charge is -2.22. The number of hydrogen-bond acceptors (Lipinski definition) is 4. The maximum atomic E-state index is 13.3. The van der Waals surface area contributed by atoms with Gasteiger partial charge in [-0.2, -0.15) is 4.31 Å². The van der Waals surface area contributed by atoms with Gasteiger partial charge in [0.05, 0.1) is 18.6 Å².